The lowest BCUT2D eigenvalue weighted by Crippen LogP contribution is -2.12. The van der Waals surface area contributed by atoms with Gasteiger partial charge in [-0.15, -0.1) is 0 Å². The first kappa shape index (κ1) is 23.7. The highest BCUT2D eigenvalue weighted by Crippen LogP contribution is 2.29. The van der Waals surface area contributed by atoms with Crippen LogP contribution in [-0.2, 0) is 6.18 Å². The number of alkyl halides is 3. The molecule has 0 saturated carbocycles. The van der Waals surface area contributed by atoms with E-state index in [0.29, 0.717) is 29.0 Å². The number of anilines is 5. The molecule has 178 valence electrons. The Morgan fingerprint density at radius 1 is 0.771 bits per heavy atom. The highest BCUT2D eigenvalue weighted by molar-refractivity contribution is 6.04. The molecule has 0 unspecified atom stereocenters. The van der Waals surface area contributed by atoms with Gasteiger partial charge in [-0.25, -0.2) is 15.0 Å². The molecule has 4 aromatic rings. The van der Waals surface area contributed by atoms with Crippen LogP contribution in [-0.4, -0.2) is 20.9 Å². The Morgan fingerprint density at radius 2 is 1.40 bits per heavy atom. The predicted molar refractivity (Wildman–Crippen MR) is 128 cm³/mol. The van der Waals surface area contributed by atoms with Crippen molar-refractivity contribution < 1.29 is 18.0 Å². The molecule has 0 aliphatic rings. The quantitative estimate of drug-likeness (QED) is 0.304. The van der Waals surface area contributed by atoms with Crippen LogP contribution in [0.2, 0.25) is 0 Å². The molecule has 3 N–H and O–H groups in total. The second-order valence-electron chi connectivity index (χ2n) is 7.76. The molecule has 4 rings (SSSR count). The Labute approximate surface area is 199 Å². The second kappa shape index (κ2) is 9.80. The van der Waals surface area contributed by atoms with E-state index < -0.39 is 17.6 Å². The zero-order valence-electron chi connectivity index (χ0n) is 18.8. The molecule has 0 bridgehead atoms. The lowest BCUT2D eigenvalue weighted by atomic mass is 10.1. The molecule has 0 fully saturated rings. The maximum absolute atomic E-state index is 12.7. The molecule has 2 heterocycles. The van der Waals surface area contributed by atoms with Crippen LogP contribution < -0.4 is 16.0 Å². The van der Waals surface area contributed by atoms with Gasteiger partial charge in [0.15, 0.2) is 0 Å². The molecule has 2 aromatic heterocycles. The molecule has 0 aliphatic heterocycles. The van der Waals surface area contributed by atoms with E-state index in [0.717, 1.165) is 35.5 Å². The Hall–Kier alpha value is -4.47. The number of pyridine rings is 1. The fourth-order valence-corrected chi connectivity index (χ4v) is 3.23. The summed E-state index contributed by atoms with van der Waals surface area (Å²) in [5.41, 5.74) is 1.59. The van der Waals surface area contributed by atoms with E-state index in [9.17, 15) is 18.0 Å². The second-order valence-corrected chi connectivity index (χ2v) is 7.76. The summed E-state index contributed by atoms with van der Waals surface area (Å²) in [5.74, 6) is 1.87. The van der Waals surface area contributed by atoms with Crippen molar-refractivity contribution in [3.8, 4) is 0 Å². The summed E-state index contributed by atoms with van der Waals surface area (Å²) >= 11 is 0. The van der Waals surface area contributed by atoms with E-state index in [-0.39, 0.29) is 5.56 Å². The third-order valence-corrected chi connectivity index (χ3v) is 4.90. The SMILES string of the molecule is Cc1ccnc(Nc2cc(Nc3ccc(NC(=O)c4ccc(C(F)(F)F)cc4)cc3)nc(C)n2)c1. The van der Waals surface area contributed by atoms with Crippen molar-refractivity contribution in [1.29, 1.82) is 0 Å². The lowest BCUT2D eigenvalue weighted by Gasteiger charge is -2.11. The Balaban J connectivity index is 1.41. The number of nitrogens with zero attached hydrogens (tertiary/aromatic N) is 3. The van der Waals surface area contributed by atoms with Crippen LogP contribution >= 0.6 is 0 Å². The van der Waals surface area contributed by atoms with Crippen LogP contribution in [0.5, 0.6) is 0 Å². The summed E-state index contributed by atoms with van der Waals surface area (Å²) in [7, 11) is 0. The summed E-state index contributed by atoms with van der Waals surface area (Å²) < 4.78 is 38.1. The van der Waals surface area contributed by atoms with Crippen molar-refractivity contribution in [2.75, 3.05) is 16.0 Å². The maximum Gasteiger partial charge on any atom is 0.416 e. The van der Waals surface area contributed by atoms with Crippen LogP contribution in [0.25, 0.3) is 0 Å². The van der Waals surface area contributed by atoms with E-state index in [1.54, 1.807) is 43.5 Å². The topological polar surface area (TPSA) is 91.8 Å². The minimum Gasteiger partial charge on any atom is -0.340 e. The minimum absolute atomic E-state index is 0.125. The van der Waals surface area contributed by atoms with Gasteiger partial charge in [-0.2, -0.15) is 13.2 Å². The number of carbonyl (C=O) groups excluding carboxylic acids is 1. The summed E-state index contributed by atoms with van der Waals surface area (Å²) in [6.45, 7) is 3.75. The van der Waals surface area contributed by atoms with Crippen molar-refractivity contribution in [1.82, 2.24) is 15.0 Å². The number of amides is 1. The lowest BCUT2D eigenvalue weighted by molar-refractivity contribution is -0.137. The molecular weight excluding hydrogens is 457 g/mol. The van der Waals surface area contributed by atoms with E-state index in [2.05, 4.69) is 30.9 Å². The normalized spacial score (nSPS) is 11.1. The van der Waals surface area contributed by atoms with Crippen molar-refractivity contribution >= 4 is 34.7 Å². The largest absolute Gasteiger partial charge is 0.416 e. The Bertz CT molecular complexity index is 1340. The first-order valence-corrected chi connectivity index (χ1v) is 10.6. The average Bonchev–Trinajstić information content (AvgIpc) is 2.79. The van der Waals surface area contributed by atoms with E-state index in [1.165, 1.54) is 0 Å². The molecule has 7 nitrogen and oxygen atoms in total. The van der Waals surface area contributed by atoms with Crippen LogP contribution in [0, 0.1) is 13.8 Å². The number of nitrogens with one attached hydrogen (secondary N) is 3. The van der Waals surface area contributed by atoms with Crippen LogP contribution in [0.15, 0.2) is 72.9 Å². The number of aromatic nitrogens is 3. The summed E-state index contributed by atoms with van der Waals surface area (Å²) in [6, 6.07) is 16.4. The van der Waals surface area contributed by atoms with Crippen LogP contribution in [0.3, 0.4) is 0 Å². The van der Waals surface area contributed by atoms with Gasteiger partial charge in [0, 0.05) is 29.2 Å². The van der Waals surface area contributed by atoms with E-state index >= 15 is 0 Å². The predicted octanol–water partition coefficient (Wildman–Crippen LogP) is 6.25. The zero-order chi connectivity index (χ0) is 25.0. The molecule has 0 radical (unpaired) electrons. The number of carbonyl (C=O) groups is 1. The monoisotopic (exact) mass is 478 g/mol. The Kier molecular flexibility index (Phi) is 6.63. The highest BCUT2D eigenvalue weighted by atomic mass is 19.4. The van der Waals surface area contributed by atoms with Gasteiger partial charge in [0.2, 0.25) is 0 Å². The number of hydrogen-bond acceptors (Lipinski definition) is 6. The van der Waals surface area contributed by atoms with Crippen molar-refractivity contribution in [3.63, 3.8) is 0 Å². The molecule has 0 spiro atoms. The summed E-state index contributed by atoms with van der Waals surface area (Å²) in [5, 5.41) is 9.01. The zero-order valence-corrected chi connectivity index (χ0v) is 18.8. The fraction of sp³-hybridized carbons (Fsp3) is 0.120. The van der Waals surface area contributed by atoms with Crippen molar-refractivity contribution in [3.05, 3.63) is 95.4 Å². The number of hydrogen-bond donors (Lipinski definition) is 3. The van der Waals surface area contributed by atoms with Gasteiger partial charge in [0.05, 0.1) is 5.56 Å². The molecular formula is C25H21F3N6O. The van der Waals surface area contributed by atoms with E-state index in [1.807, 2.05) is 19.1 Å². The van der Waals surface area contributed by atoms with Gasteiger partial charge in [0.1, 0.15) is 23.3 Å². The van der Waals surface area contributed by atoms with Gasteiger partial charge in [-0.1, -0.05) is 0 Å². The first-order valence-electron chi connectivity index (χ1n) is 10.6. The van der Waals surface area contributed by atoms with Crippen molar-refractivity contribution in [2.45, 2.75) is 20.0 Å². The number of aryl methyl sites for hydroxylation is 2. The number of benzene rings is 2. The maximum atomic E-state index is 12.7. The van der Waals surface area contributed by atoms with Crippen LogP contribution in [0.4, 0.5) is 42.0 Å². The molecule has 0 atom stereocenters. The number of halogens is 3. The molecule has 10 heteroatoms. The highest BCUT2D eigenvalue weighted by Gasteiger charge is 2.30. The third-order valence-electron chi connectivity index (χ3n) is 4.90. The smallest absolute Gasteiger partial charge is 0.340 e. The molecule has 35 heavy (non-hydrogen) atoms. The average molecular weight is 478 g/mol. The Morgan fingerprint density at radius 3 is 2.03 bits per heavy atom. The van der Waals surface area contributed by atoms with Gasteiger partial charge < -0.3 is 16.0 Å². The van der Waals surface area contributed by atoms with Gasteiger partial charge in [0.25, 0.3) is 5.91 Å². The minimum atomic E-state index is -4.45. The van der Waals surface area contributed by atoms with Gasteiger partial charge in [-0.05, 0) is 80.1 Å². The van der Waals surface area contributed by atoms with E-state index in [4.69, 9.17) is 0 Å². The van der Waals surface area contributed by atoms with Gasteiger partial charge >= 0.3 is 6.18 Å². The molecule has 1 amide bonds. The summed E-state index contributed by atoms with van der Waals surface area (Å²) in [4.78, 5) is 25.4. The first-order chi connectivity index (χ1) is 16.7. The third kappa shape index (κ3) is 6.32. The van der Waals surface area contributed by atoms with Gasteiger partial charge in [-0.3, -0.25) is 4.79 Å². The summed E-state index contributed by atoms with van der Waals surface area (Å²) in [6.07, 6.45) is -2.74. The molecule has 0 aliphatic carbocycles. The fourth-order valence-electron chi connectivity index (χ4n) is 3.23. The van der Waals surface area contributed by atoms with Crippen molar-refractivity contribution in [2.24, 2.45) is 0 Å². The molecule has 0 saturated heterocycles. The standard InChI is InChI=1S/C25H21F3N6O/c1-15-11-12-29-21(13-15)34-23-14-22(30-16(2)31-23)32-19-7-9-20(10-8-19)33-24(35)17-3-5-18(6-4-17)25(26,27)28/h3-14H,1-2H3,(H,33,35)(H2,29,30,31,32,34). The molecule has 2 aromatic carbocycles. The number of rotatable bonds is 6. The van der Waals surface area contributed by atoms with Crippen LogP contribution in [0.1, 0.15) is 27.3 Å².